The molecule has 0 rings (SSSR count). The Morgan fingerprint density at radius 1 is 0.714 bits per heavy atom. The van der Waals surface area contributed by atoms with E-state index in [0.717, 1.165) is 11.8 Å². The number of rotatable bonds is 10. The highest BCUT2D eigenvalue weighted by Gasteiger charge is 2.36. The van der Waals surface area contributed by atoms with E-state index in [9.17, 15) is 26.3 Å². The van der Waals surface area contributed by atoms with E-state index in [4.69, 9.17) is 23.2 Å². The van der Waals surface area contributed by atoms with E-state index in [1.165, 1.54) is 0 Å². The van der Waals surface area contributed by atoms with Gasteiger partial charge < -0.3 is 0 Å². The predicted octanol–water partition coefficient (Wildman–Crippen LogP) is 6.40. The number of alkyl halides is 8. The van der Waals surface area contributed by atoms with Crippen LogP contribution in [0.1, 0.15) is 38.5 Å². The molecule has 0 fully saturated rings. The van der Waals surface area contributed by atoms with Crippen LogP contribution in [0.15, 0.2) is 0 Å². The van der Waals surface area contributed by atoms with Gasteiger partial charge >= 0.3 is 12.4 Å². The Balaban J connectivity index is 4.66. The van der Waals surface area contributed by atoms with E-state index in [2.05, 4.69) is 0 Å². The maximum Gasteiger partial charge on any atom is 0.390 e. The summed E-state index contributed by atoms with van der Waals surface area (Å²) < 4.78 is 74.9. The third-order valence-corrected chi connectivity index (χ3v) is 4.73. The molecule has 2 atom stereocenters. The van der Waals surface area contributed by atoms with Crippen LogP contribution >= 0.6 is 35.0 Å². The average Bonchev–Trinajstić information content (AvgIpc) is 2.29. The summed E-state index contributed by atoms with van der Waals surface area (Å²) in [5.41, 5.74) is 0. The molecule has 0 aromatic heterocycles. The summed E-state index contributed by atoms with van der Waals surface area (Å²) in [7, 11) is 0. The Hall–Kier alpha value is 0.510. The zero-order valence-electron chi connectivity index (χ0n) is 11.2. The van der Waals surface area contributed by atoms with Gasteiger partial charge in [-0.2, -0.15) is 38.1 Å². The highest BCUT2D eigenvalue weighted by Crippen LogP contribution is 2.38. The van der Waals surface area contributed by atoms with Gasteiger partial charge in [0.05, 0.1) is 12.8 Å². The lowest BCUT2D eigenvalue weighted by molar-refractivity contribution is -0.135. The van der Waals surface area contributed by atoms with Crippen molar-refractivity contribution in [2.75, 3.05) is 11.8 Å². The number of hydrogen-bond acceptors (Lipinski definition) is 1. The molecular formula is C12H18Cl2F6S. The summed E-state index contributed by atoms with van der Waals surface area (Å²) in [5.74, 6) is 0.390. The van der Waals surface area contributed by atoms with Gasteiger partial charge in [-0.25, -0.2) is 0 Å². The minimum absolute atomic E-state index is 0.156. The second-order valence-electron chi connectivity index (χ2n) is 4.68. The molecule has 0 saturated carbocycles. The van der Waals surface area contributed by atoms with Crippen molar-refractivity contribution in [2.24, 2.45) is 0 Å². The molecular weight excluding hydrogens is 361 g/mol. The molecule has 0 nitrogen and oxygen atoms in total. The van der Waals surface area contributed by atoms with E-state index >= 15 is 0 Å². The van der Waals surface area contributed by atoms with Crippen LogP contribution < -0.4 is 0 Å². The van der Waals surface area contributed by atoms with E-state index in [-0.39, 0.29) is 24.6 Å². The maximum atomic E-state index is 12.5. The summed E-state index contributed by atoms with van der Waals surface area (Å²) in [6.07, 6.45) is -9.95. The van der Waals surface area contributed by atoms with E-state index in [1.54, 1.807) is 0 Å². The molecule has 0 saturated heterocycles. The SMILES string of the molecule is FC(F)(F)CC(CCCCl)SC(CCCCl)CC(F)(F)F. The lowest BCUT2D eigenvalue weighted by atomic mass is 10.2. The van der Waals surface area contributed by atoms with Crippen molar-refractivity contribution < 1.29 is 26.3 Å². The Labute approximate surface area is 134 Å². The Kier molecular flexibility index (Phi) is 10.6. The van der Waals surface area contributed by atoms with Crippen LogP contribution in [-0.2, 0) is 0 Å². The molecule has 0 aliphatic rings. The number of hydrogen-bond donors (Lipinski definition) is 0. The topological polar surface area (TPSA) is 0 Å². The van der Waals surface area contributed by atoms with Crippen molar-refractivity contribution in [3.63, 3.8) is 0 Å². The minimum Gasteiger partial charge on any atom is -0.171 e. The van der Waals surface area contributed by atoms with Crippen LogP contribution in [0.3, 0.4) is 0 Å². The Morgan fingerprint density at radius 2 is 1.05 bits per heavy atom. The quantitative estimate of drug-likeness (QED) is 0.313. The van der Waals surface area contributed by atoms with Gasteiger partial charge in [-0.3, -0.25) is 0 Å². The largest absolute Gasteiger partial charge is 0.390 e. The molecule has 0 N–H and O–H groups in total. The first-order valence-electron chi connectivity index (χ1n) is 6.48. The number of thioether (sulfide) groups is 1. The fourth-order valence-electron chi connectivity index (χ4n) is 1.83. The monoisotopic (exact) mass is 378 g/mol. The van der Waals surface area contributed by atoms with Crippen LogP contribution in [-0.4, -0.2) is 34.6 Å². The van der Waals surface area contributed by atoms with Crippen molar-refractivity contribution in [2.45, 2.75) is 61.4 Å². The van der Waals surface area contributed by atoms with Crippen LogP contribution in [0.4, 0.5) is 26.3 Å². The molecule has 0 amide bonds. The van der Waals surface area contributed by atoms with Crippen LogP contribution in [0.25, 0.3) is 0 Å². The normalized spacial score (nSPS) is 16.0. The second-order valence-corrected chi connectivity index (χ2v) is 7.04. The van der Waals surface area contributed by atoms with Gasteiger partial charge in [0.25, 0.3) is 0 Å². The molecule has 21 heavy (non-hydrogen) atoms. The molecule has 128 valence electrons. The van der Waals surface area contributed by atoms with Crippen molar-refractivity contribution in [3.8, 4) is 0 Å². The van der Waals surface area contributed by atoms with Gasteiger partial charge in [-0.1, -0.05) is 0 Å². The maximum absolute atomic E-state index is 12.5. The summed E-state index contributed by atoms with van der Waals surface area (Å²) in [4.78, 5) is 0. The molecule has 0 radical (unpaired) electrons. The third kappa shape index (κ3) is 13.9. The van der Waals surface area contributed by atoms with Crippen LogP contribution in [0.5, 0.6) is 0 Å². The highest BCUT2D eigenvalue weighted by atomic mass is 35.5. The van der Waals surface area contributed by atoms with Gasteiger partial charge in [0.2, 0.25) is 0 Å². The summed E-state index contributed by atoms with van der Waals surface area (Å²) in [5, 5.41) is -1.79. The van der Waals surface area contributed by atoms with Gasteiger partial charge in [0, 0.05) is 22.3 Å². The van der Waals surface area contributed by atoms with Gasteiger partial charge in [-0.05, 0) is 25.7 Å². The van der Waals surface area contributed by atoms with E-state index in [1.807, 2.05) is 0 Å². The zero-order valence-corrected chi connectivity index (χ0v) is 13.6. The molecule has 0 bridgehead atoms. The molecule has 0 spiro atoms. The van der Waals surface area contributed by atoms with Crippen molar-refractivity contribution in [1.82, 2.24) is 0 Å². The fourth-order valence-corrected chi connectivity index (χ4v) is 3.86. The smallest absolute Gasteiger partial charge is 0.171 e. The average molecular weight is 379 g/mol. The summed E-state index contributed by atoms with van der Waals surface area (Å²) in [6.45, 7) is 0. The molecule has 0 aliphatic heterocycles. The van der Waals surface area contributed by atoms with Crippen LogP contribution in [0, 0.1) is 0 Å². The summed E-state index contributed by atoms with van der Waals surface area (Å²) in [6, 6.07) is 0. The number of halogens is 8. The summed E-state index contributed by atoms with van der Waals surface area (Å²) >= 11 is 11.7. The lowest BCUT2D eigenvalue weighted by Gasteiger charge is -2.25. The zero-order chi connectivity index (χ0) is 16.5. The highest BCUT2D eigenvalue weighted by molar-refractivity contribution is 8.00. The Bertz CT molecular complexity index is 243. The molecule has 0 aliphatic carbocycles. The van der Waals surface area contributed by atoms with Gasteiger partial charge in [0.1, 0.15) is 0 Å². The molecule has 0 heterocycles. The standard InChI is InChI=1S/C12H18Cl2F6S/c13-5-1-3-9(7-11(15,16)17)21-10(4-2-6-14)8-12(18,19)20/h9-10H,1-8H2. The lowest BCUT2D eigenvalue weighted by Crippen LogP contribution is -2.23. The van der Waals surface area contributed by atoms with Crippen LogP contribution in [0.2, 0.25) is 0 Å². The molecule has 0 aromatic carbocycles. The fraction of sp³-hybridized carbons (Fsp3) is 1.00. The van der Waals surface area contributed by atoms with E-state index < -0.39 is 35.7 Å². The predicted molar refractivity (Wildman–Crippen MR) is 76.4 cm³/mol. The van der Waals surface area contributed by atoms with Crippen molar-refractivity contribution in [1.29, 1.82) is 0 Å². The second kappa shape index (κ2) is 10.3. The molecule has 0 aromatic rings. The Morgan fingerprint density at radius 3 is 1.29 bits per heavy atom. The van der Waals surface area contributed by atoms with Crippen molar-refractivity contribution in [3.05, 3.63) is 0 Å². The molecule has 2 unspecified atom stereocenters. The first-order chi connectivity index (χ1) is 9.57. The van der Waals surface area contributed by atoms with Gasteiger partial charge in [0.15, 0.2) is 0 Å². The minimum atomic E-state index is -4.39. The first-order valence-corrected chi connectivity index (χ1v) is 8.49. The first kappa shape index (κ1) is 21.5. The van der Waals surface area contributed by atoms with E-state index in [0.29, 0.717) is 12.8 Å². The van der Waals surface area contributed by atoms with Crippen molar-refractivity contribution >= 4 is 35.0 Å². The molecule has 9 heteroatoms. The van der Waals surface area contributed by atoms with Gasteiger partial charge in [-0.15, -0.1) is 23.2 Å². The third-order valence-electron chi connectivity index (χ3n) is 2.62.